The van der Waals surface area contributed by atoms with E-state index in [1.54, 1.807) is 0 Å². The van der Waals surface area contributed by atoms with Crippen molar-refractivity contribution in [2.24, 2.45) is 0 Å². The van der Waals surface area contributed by atoms with E-state index in [9.17, 15) is 4.79 Å². The average molecular weight is 278 g/mol. The number of urea groups is 1. The summed E-state index contributed by atoms with van der Waals surface area (Å²) in [5, 5.41) is 5.78. The van der Waals surface area contributed by atoms with Gasteiger partial charge in [0, 0.05) is 6.54 Å². The van der Waals surface area contributed by atoms with Gasteiger partial charge in [-0.3, -0.25) is 0 Å². The number of carbonyl (C=O) groups is 1. The normalized spacial score (nSPS) is 13.9. The fourth-order valence-corrected chi connectivity index (χ4v) is 2.09. The number of carbonyl (C=O) groups excluding carboxylic acids is 1. The van der Waals surface area contributed by atoms with E-state index in [0.717, 1.165) is 36.3 Å². The maximum Gasteiger partial charge on any atom is 0.315 e. The molecule has 1 aliphatic heterocycles. The highest BCUT2D eigenvalue weighted by Gasteiger charge is 2.16. The standard InChI is InChI=1S/C15H22N2O3/c1-3-4-5-8-16-15(18)17-11(2)12-6-7-13-14(9-12)20-10-19-13/h6-7,9,11H,3-5,8,10H2,1-2H3,(H2,16,17,18). The molecule has 0 aromatic heterocycles. The van der Waals surface area contributed by atoms with E-state index in [1.165, 1.54) is 0 Å². The Morgan fingerprint density at radius 3 is 2.90 bits per heavy atom. The summed E-state index contributed by atoms with van der Waals surface area (Å²) in [6, 6.07) is 5.51. The molecule has 20 heavy (non-hydrogen) atoms. The molecular weight excluding hydrogens is 256 g/mol. The predicted octanol–water partition coefficient (Wildman–Crippen LogP) is 2.97. The molecule has 1 aromatic carbocycles. The second-order valence-corrected chi connectivity index (χ2v) is 4.94. The molecule has 0 saturated heterocycles. The van der Waals surface area contributed by atoms with Crippen LogP contribution in [0.3, 0.4) is 0 Å². The molecule has 0 radical (unpaired) electrons. The van der Waals surface area contributed by atoms with Gasteiger partial charge in [0.2, 0.25) is 6.79 Å². The van der Waals surface area contributed by atoms with Gasteiger partial charge in [0.25, 0.3) is 0 Å². The minimum Gasteiger partial charge on any atom is -0.454 e. The zero-order chi connectivity index (χ0) is 14.4. The van der Waals surface area contributed by atoms with Crippen molar-refractivity contribution in [3.8, 4) is 11.5 Å². The topological polar surface area (TPSA) is 59.6 Å². The lowest BCUT2D eigenvalue weighted by atomic mass is 10.1. The Labute approximate surface area is 119 Å². The highest BCUT2D eigenvalue weighted by atomic mass is 16.7. The molecule has 110 valence electrons. The van der Waals surface area contributed by atoms with Crippen LogP contribution in [0.2, 0.25) is 0 Å². The zero-order valence-electron chi connectivity index (χ0n) is 12.1. The summed E-state index contributed by atoms with van der Waals surface area (Å²) in [5.41, 5.74) is 0.998. The summed E-state index contributed by atoms with van der Waals surface area (Å²) in [6.45, 7) is 5.07. The molecule has 2 rings (SSSR count). The van der Waals surface area contributed by atoms with Gasteiger partial charge in [0.05, 0.1) is 6.04 Å². The van der Waals surface area contributed by atoms with E-state index in [-0.39, 0.29) is 18.9 Å². The lowest BCUT2D eigenvalue weighted by molar-refractivity contribution is 0.174. The number of hydrogen-bond donors (Lipinski definition) is 2. The lowest BCUT2D eigenvalue weighted by Crippen LogP contribution is -2.37. The first-order valence-electron chi connectivity index (χ1n) is 7.14. The van der Waals surface area contributed by atoms with Crippen LogP contribution >= 0.6 is 0 Å². The maximum atomic E-state index is 11.7. The van der Waals surface area contributed by atoms with Crippen LogP contribution in [0.25, 0.3) is 0 Å². The van der Waals surface area contributed by atoms with Crippen LogP contribution in [0.15, 0.2) is 18.2 Å². The van der Waals surface area contributed by atoms with Crippen molar-refractivity contribution >= 4 is 6.03 Å². The van der Waals surface area contributed by atoms with Gasteiger partial charge >= 0.3 is 6.03 Å². The molecule has 5 heteroatoms. The minimum absolute atomic E-state index is 0.0734. The van der Waals surface area contributed by atoms with E-state index in [4.69, 9.17) is 9.47 Å². The number of benzene rings is 1. The first kappa shape index (κ1) is 14.5. The second-order valence-electron chi connectivity index (χ2n) is 4.94. The van der Waals surface area contributed by atoms with E-state index >= 15 is 0 Å². The quantitative estimate of drug-likeness (QED) is 0.786. The number of hydrogen-bond acceptors (Lipinski definition) is 3. The van der Waals surface area contributed by atoms with Crippen LogP contribution in [-0.4, -0.2) is 19.4 Å². The Kier molecular flexibility index (Phi) is 5.09. The SMILES string of the molecule is CCCCCNC(=O)NC(C)c1ccc2c(c1)OCO2. The Balaban J connectivity index is 1.82. The number of nitrogens with one attached hydrogen (secondary N) is 2. The molecule has 0 aliphatic carbocycles. The van der Waals surface area contributed by atoms with Gasteiger partial charge in [0.15, 0.2) is 11.5 Å². The van der Waals surface area contributed by atoms with Gasteiger partial charge in [-0.1, -0.05) is 25.8 Å². The smallest absolute Gasteiger partial charge is 0.315 e. The molecule has 1 aromatic rings. The summed E-state index contributed by atoms with van der Waals surface area (Å²) in [5.74, 6) is 1.49. The molecule has 1 atom stereocenters. The first-order chi connectivity index (χ1) is 9.70. The number of amides is 2. The summed E-state index contributed by atoms with van der Waals surface area (Å²) in [7, 11) is 0. The van der Waals surface area contributed by atoms with E-state index in [1.807, 2.05) is 25.1 Å². The van der Waals surface area contributed by atoms with Gasteiger partial charge in [-0.25, -0.2) is 4.79 Å². The van der Waals surface area contributed by atoms with Crippen LogP contribution in [0.1, 0.15) is 44.7 Å². The third-order valence-corrected chi connectivity index (χ3v) is 3.31. The molecule has 1 aliphatic rings. The van der Waals surface area contributed by atoms with Gasteiger partial charge in [0.1, 0.15) is 0 Å². The lowest BCUT2D eigenvalue weighted by Gasteiger charge is -2.15. The second kappa shape index (κ2) is 7.03. The molecule has 0 fully saturated rings. The van der Waals surface area contributed by atoms with Gasteiger partial charge in [-0.05, 0) is 31.0 Å². The van der Waals surface area contributed by atoms with Crippen molar-refractivity contribution in [1.82, 2.24) is 10.6 Å². The highest BCUT2D eigenvalue weighted by molar-refractivity contribution is 5.74. The fraction of sp³-hybridized carbons (Fsp3) is 0.533. The third kappa shape index (κ3) is 3.79. The molecule has 5 nitrogen and oxygen atoms in total. The molecule has 1 heterocycles. The van der Waals surface area contributed by atoms with Crippen molar-refractivity contribution in [3.63, 3.8) is 0 Å². The third-order valence-electron chi connectivity index (χ3n) is 3.31. The number of ether oxygens (including phenoxy) is 2. The summed E-state index contributed by atoms with van der Waals surface area (Å²) < 4.78 is 10.6. The van der Waals surface area contributed by atoms with Gasteiger partial charge in [-0.15, -0.1) is 0 Å². The molecular formula is C15H22N2O3. The Hall–Kier alpha value is -1.91. The van der Waals surface area contributed by atoms with Crippen molar-refractivity contribution in [1.29, 1.82) is 0 Å². The number of unbranched alkanes of at least 4 members (excludes halogenated alkanes) is 2. The van der Waals surface area contributed by atoms with Crippen molar-refractivity contribution in [3.05, 3.63) is 23.8 Å². The predicted molar refractivity (Wildman–Crippen MR) is 77.0 cm³/mol. The van der Waals surface area contributed by atoms with Crippen LogP contribution in [0.5, 0.6) is 11.5 Å². The average Bonchev–Trinajstić information content (AvgIpc) is 2.90. The monoisotopic (exact) mass is 278 g/mol. The molecule has 1 unspecified atom stereocenters. The molecule has 0 spiro atoms. The van der Waals surface area contributed by atoms with Crippen LogP contribution < -0.4 is 20.1 Å². The fourth-order valence-electron chi connectivity index (χ4n) is 2.09. The Morgan fingerprint density at radius 2 is 2.10 bits per heavy atom. The Morgan fingerprint density at radius 1 is 1.30 bits per heavy atom. The van der Waals surface area contributed by atoms with Crippen LogP contribution in [0, 0.1) is 0 Å². The summed E-state index contributed by atoms with van der Waals surface area (Å²) in [6.07, 6.45) is 3.30. The largest absolute Gasteiger partial charge is 0.454 e. The zero-order valence-corrected chi connectivity index (χ0v) is 12.1. The molecule has 0 saturated carbocycles. The van der Waals surface area contributed by atoms with Crippen LogP contribution in [-0.2, 0) is 0 Å². The van der Waals surface area contributed by atoms with E-state index in [0.29, 0.717) is 6.54 Å². The van der Waals surface area contributed by atoms with E-state index in [2.05, 4.69) is 17.6 Å². The van der Waals surface area contributed by atoms with Gasteiger partial charge < -0.3 is 20.1 Å². The summed E-state index contributed by atoms with van der Waals surface area (Å²) in [4.78, 5) is 11.7. The molecule has 2 N–H and O–H groups in total. The maximum absolute atomic E-state index is 11.7. The van der Waals surface area contributed by atoms with Crippen molar-refractivity contribution in [2.75, 3.05) is 13.3 Å². The van der Waals surface area contributed by atoms with E-state index < -0.39 is 0 Å². The van der Waals surface area contributed by atoms with Gasteiger partial charge in [-0.2, -0.15) is 0 Å². The van der Waals surface area contributed by atoms with Crippen molar-refractivity contribution < 1.29 is 14.3 Å². The Bertz CT molecular complexity index is 462. The highest BCUT2D eigenvalue weighted by Crippen LogP contribution is 2.34. The molecule has 2 amide bonds. The number of fused-ring (bicyclic) bond motifs is 1. The summed E-state index contributed by atoms with van der Waals surface area (Å²) >= 11 is 0. The van der Waals surface area contributed by atoms with Crippen molar-refractivity contribution in [2.45, 2.75) is 39.2 Å². The minimum atomic E-state index is -0.133. The number of rotatable bonds is 6. The van der Waals surface area contributed by atoms with Crippen LogP contribution in [0.4, 0.5) is 4.79 Å². The molecule has 0 bridgehead atoms. The first-order valence-corrected chi connectivity index (χ1v) is 7.14.